The first-order chi connectivity index (χ1) is 6.59. The van der Waals surface area contributed by atoms with Gasteiger partial charge in [-0.1, -0.05) is 18.2 Å². The van der Waals surface area contributed by atoms with Gasteiger partial charge in [-0.2, -0.15) is 0 Å². The van der Waals surface area contributed by atoms with Crippen molar-refractivity contribution in [1.29, 1.82) is 0 Å². The second kappa shape index (κ2) is 4.46. The highest BCUT2D eigenvalue weighted by molar-refractivity contribution is 5.70. The van der Waals surface area contributed by atoms with Gasteiger partial charge in [0.15, 0.2) is 0 Å². The molecule has 0 amide bonds. The number of carboxylic acids is 1. The molecule has 0 aliphatic rings. The van der Waals surface area contributed by atoms with Gasteiger partial charge >= 0.3 is 5.97 Å². The SMILES string of the molecule is Cc1ccc(O)cc1C=CCC(=O)O. The van der Waals surface area contributed by atoms with Gasteiger partial charge in [-0.3, -0.25) is 4.79 Å². The zero-order chi connectivity index (χ0) is 10.6. The summed E-state index contributed by atoms with van der Waals surface area (Å²) in [5, 5.41) is 17.6. The first-order valence-corrected chi connectivity index (χ1v) is 4.27. The molecule has 0 spiro atoms. The first kappa shape index (κ1) is 10.3. The standard InChI is InChI=1S/C11H12O3/c1-8-5-6-10(12)7-9(8)3-2-4-11(13)14/h2-3,5-7,12H,4H2,1H3,(H,13,14). The lowest BCUT2D eigenvalue weighted by atomic mass is 10.1. The van der Waals surface area contributed by atoms with Crippen molar-refractivity contribution in [1.82, 2.24) is 0 Å². The van der Waals surface area contributed by atoms with Crippen molar-refractivity contribution in [3.63, 3.8) is 0 Å². The second-order valence-corrected chi connectivity index (χ2v) is 3.04. The molecule has 0 aliphatic heterocycles. The number of hydrogen-bond donors (Lipinski definition) is 2. The van der Waals surface area contributed by atoms with E-state index in [1.54, 1.807) is 30.4 Å². The molecular weight excluding hydrogens is 180 g/mol. The molecule has 0 saturated carbocycles. The molecule has 74 valence electrons. The van der Waals surface area contributed by atoms with Crippen LogP contribution >= 0.6 is 0 Å². The van der Waals surface area contributed by atoms with Gasteiger partial charge in [0.1, 0.15) is 5.75 Å². The largest absolute Gasteiger partial charge is 0.508 e. The number of carbonyl (C=O) groups is 1. The predicted octanol–water partition coefficient (Wildman–Crippen LogP) is 2.19. The summed E-state index contributed by atoms with van der Waals surface area (Å²) in [5.74, 6) is -0.676. The van der Waals surface area contributed by atoms with E-state index in [9.17, 15) is 9.90 Å². The highest BCUT2D eigenvalue weighted by Crippen LogP contribution is 2.17. The summed E-state index contributed by atoms with van der Waals surface area (Å²) in [4.78, 5) is 10.2. The molecule has 0 unspecified atom stereocenters. The van der Waals surface area contributed by atoms with Crippen LogP contribution in [0.2, 0.25) is 0 Å². The molecule has 0 bridgehead atoms. The van der Waals surface area contributed by atoms with Crippen LogP contribution in [0.3, 0.4) is 0 Å². The third-order valence-corrected chi connectivity index (χ3v) is 1.85. The molecule has 3 nitrogen and oxygen atoms in total. The van der Waals surface area contributed by atoms with E-state index in [1.807, 2.05) is 6.92 Å². The summed E-state index contributed by atoms with van der Waals surface area (Å²) in [6, 6.07) is 4.99. The maximum atomic E-state index is 10.2. The molecule has 1 aromatic carbocycles. The van der Waals surface area contributed by atoms with Crippen LogP contribution in [0.5, 0.6) is 5.75 Å². The second-order valence-electron chi connectivity index (χ2n) is 3.04. The highest BCUT2D eigenvalue weighted by atomic mass is 16.4. The molecule has 0 fully saturated rings. The molecule has 0 heterocycles. The van der Waals surface area contributed by atoms with Crippen molar-refractivity contribution in [2.75, 3.05) is 0 Å². The lowest BCUT2D eigenvalue weighted by Crippen LogP contribution is -1.89. The maximum Gasteiger partial charge on any atom is 0.307 e. The molecule has 0 aliphatic carbocycles. The Morgan fingerprint density at radius 3 is 2.86 bits per heavy atom. The molecule has 0 aromatic heterocycles. The van der Waals surface area contributed by atoms with E-state index in [-0.39, 0.29) is 12.2 Å². The van der Waals surface area contributed by atoms with Crippen LogP contribution in [-0.4, -0.2) is 16.2 Å². The summed E-state index contributed by atoms with van der Waals surface area (Å²) in [7, 11) is 0. The molecule has 1 rings (SSSR count). The monoisotopic (exact) mass is 192 g/mol. The zero-order valence-electron chi connectivity index (χ0n) is 7.90. The van der Waals surface area contributed by atoms with E-state index >= 15 is 0 Å². The third kappa shape index (κ3) is 2.94. The number of aryl methyl sites for hydroxylation is 1. The van der Waals surface area contributed by atoms with E-state index in [1.165, 1.54) is 0 Å². The van der Waals surface area contributed by atoms with Gasteiger partial charge in [0.05, 0.1) is 6.42 Å². The van der Waals surface area contributed by atoms with Crippen molar-refractivity contribution < 1.29 is 15.0 Å². The number of benzene rings is 1. The lowest BCUT2D eigenvalue weighted by Gasteiger charge is -2.00. The molecule has 14 heavy (non-hydrogen) atoms. The lowest BCUT2D eigenvalue weighted by molar-refractivity contribution is -0.135. The van der Waals surface area contributed by atoms with Crippen molar-refractivity contribution in [3.8, 4) is 5.75 Å². The van der Waals surface area contributed by atoms with Gasteiger partial charge in [-0.25, -0.2) is 0 Å². The van der Waals surface area contributed by atoms with Crippen molar-refractivity contribution in [2.24, 2.45) is 0 Å². The number of aliphatic carboxylic acids is 1. The molecular formula is C11H12O3. The predicted molar refractivity (Wildman–Crippen MR) is 54.1 cm³/mol. The van der Waals surface area contributed by atoms with E-state index in [0.29, 0.717) is 0 Å². The summed E-state index contributed by atoms with van der Waals surface area (Å²) >= 11 is 0. The van der Waals surface area contributed by atoms with E-state index < -0.39 is 5.97 Å². The number of carboxylic acid groups (broad SMARTS) is 1. The van der Waals surface area contributed by atoms with E-state index in [2.05, 4.69) is 0 Å². The number of phenols is 1. The van der Waals surface area contributed by atoms with Crippen LogP contribution in [0, 0.1) is 6.92 Å². The molecule has 1 aromatic rings. The van der Waals surface area contributed by atoms with Gasteiger partial charge in [0.2, 0.25) is 0 Å². The van der Waals surface area contributed by atoms with E-state index in [0.717, 1.165) is 11.1 Å². The number of hydrogen-bond acceptors (Lipinski definition) is 2. The summed E-state index contributed by atoms with van der Waals surface area (Å²) in [6.07, 6.45) is 3.25. The van der Waals surface area contributed by atoms with Crippen molar-refractivity contribution >= 4 is 12.0 Å². The van der Waals surface area contributed by atoms with Crippen molar-refractivity contribution in [2.45, 2.75) is 13.3 Å². The Kier molecular flexibility index (Phi) is 3.29. The van der Waals surface area contributed by atoms with Crippen LogP contribution in [-0.2, 0) is 4.79 Å². The average molecular weight is 192 g/mol. The summed E-state index contributed by atoms with van der Waals surface area (Å²) < 4.78 is 0. The Balaban J connectivity index is 2.80. The van der Waals surface area contributed by atoms with Crippen LogP contribution in [0.25, 0.3) is 6.08 Å². The Morgan fingerprint density at radius 2 is 2.21 bits per heavy atom. The highest BCUT2D eigenvalue weighted by Gasteiger charge is 1.96. The van der Waals surface area contributed by atoms with Gasteiger partial charge < -0.3 is 10.2 Å². The number of aromatic hydroxyl groups is 1. The summed E-state index contributed by atoms with van der Waals surface area (Å²) in [5.41, 5.74) is 1.84. The van der Waals surface area contributed by atoms with Gasteiger partial charge in [0.25, 0.3) is 0 Å². The molecule has 0 radical (unpaired) electrons. The molecule has 0 saturated heterocycles. The Hall–Kier alpha value is -1.77. The quantitative estimate of drug-likeness (QED) is 0.771. The van der Waals surface area contributed by atoms with Crippen LogP contribution in [0.4, 0.5) is 0 Å². The minimum absolute atomic E-state index is 0.00486. The molecule has 0 atom stereocenters. The molecule has 3 heteroatoms. The van der Waals surface area contributed by atoms with Gasteiger partial charge in [-0.15, -0.1) is 0 Å². The van der Waals surface area contributed by atoms with Gasteiger partial charge in [-0.05, 0) is 30.2 Å². The third-order valence-electron chi connectivity index (χ3n) is 1.85. The molecule has 2 N–H and O–H groups in total. The average Bonchev–Trinajstić information content (AvgIpc) is 2.10. The minimum atomic E-state index is -0.862. The zero-order valence-corrected chi connectivity index (χ0v) is 7.90. The fourth-order valence-electron chi connectivity index (χ4n) is 1.09. The summed E-state index contributed by atoms with van der Waals surface area (Å²) in [6.45, 7) is 1.90. The Bertz CT molecular complexity index is 367. The Labute approximate surface area is 82.3 Å². The minimum Gasteiger partial charge on any atom is -0.508 e. The maximum absolute atomic E-state index is 10.2. The normalized spacial score (nSPS) is 10.6. The van der Waals surface area contributed by atoms with Crippen LogP contribution < -0.4 is 0 Å². The fraction of sp³-hybridized carbons (Fsp3) is 0.182. The number of rotatable bonds is 3. The van der Waals surface area contributed by atoms with E-state index in [4.69, 9.17) is 5.11 Å². The Morgan fingerprint density at radius 1 is 1.50 bits per heavy atom. The van der Waals surface area contributed by atoms with Crippen LogP contribution in [0.15, 0.2) is 24.3 Å². The first-order valence-electron chi connectivity index (χ1n) is 4.27. The number of phenolic OH excluding ortho intramolecular Hbond substituents is 1. The van der Waals surface area contributed by atoms with Crippen molar-refractivity contribution in [3.05, 3.63) is 35.4 Å². The topological polar surface area (TPSA) is 57.5 Å². The van der Waals surface area contributed by atoms with Crippen LogP contribution in [0.1, 0.15) is 17.5 Å². The smallest absolute Gasteiger partial charge is 0.307 e. The van der Waals surface area contributed by atoms with Gasteiger partial charge in [0, 0.05) is 0 Å². The fourth-order valence-corrected chi connectivity index (χ4v) is 1.09.